The SMILES string of the molecule is C=C(CC1CCC(Cc2cc(-c3cccc4c3C=CC4)cc(C3CCCCC3)c2)CC1)C(=C)C(C)C. The highest BCUT2D eigenvalue weighted by Crippen LogP contribution is 2.40. The number of fused-ring (bicyclic) bond motifs is 1. The molecule has 0 saturated heterocycles. The average Bonchev–Trinajstić information content (AvgIpc) is 3.39. The number of benzene rings is 2. The van der Waals surface area contributed by atoms with E-state index in [1.165, 1.54) is 97.6 Å². The third-order valence-corrected chi connectivity index (χ3v) is 9.40. The Morgan fingerprint density at radius 2 is 1.64 bits per heavy atom. The van der Waals surface area contributed by atoms with Crippen LogP contribution in [0.2, 0.25) is 0 Å². The predicted molar refractivity (Wildman–Crippen MR) is 157 cm³/mol. The largest absolute Gasteiger partial charge is 0.0956 e. The van der Waals surface area contributed by atoms with Gasteiger partial charge in [0.15, 0.2) is 0 Å². The van der Waals surface area contributed by atoms with Gasteiger partial charge < -0.3 is 0 Å². The van der Waals surface area contributed by atoms with Crippen LogP contribution in [0.25, 0.3) is 17.2 Å². The Kier molecular flexibility index (Phi) is 8.00. The Labute approximate surface area is 220 Å². The lowest BCUT2D eigenvalue weighted by Gasteiger charge is -2.30. The van der Waals surface area contributed by atoms with Gasteiger partial charge in [-0.1, -0.05) is 106 Å². The Morgan fingerprint density at radius 3 is 2.39 bits per heavy atom. The fourth-order valence-electron chi connectivity index (χ4n) is 7.07. The van der Waals surface area contributed by atoms with E-state index in [0.29, 0.717) is 5.92 Å². The lowest BCUT2D eigenvalue weighted by molar-refractivity contribution is 0.272. The van der Waals surface area contributed by atoms with E-state index in [4.69, 9.17) is 0 Å². The van der Waals surface area contributed by atoms with Gasteiger partial charge in [-0.3, -0.25) is 0 Å². The second kappa shape index (κ2) is 11.4. The molecule has 3 aliphatic rings. The topological polar surface area (TPSA) is 0 Å². The smallest absolute Gasteiger partial charge is 0.00879 e. The molecule has 0 nitrogen and oxygen atoms in total. The van der Waals surface area contributed by atoms with Crippen LogP contribution in [-0.2, 0) is 12.8 Å². The molecule has 0 radical (unpaired) electrons. The first-order valence-corrected chi connectivity index (χ1v) is 14.8. The van der Waals surface area contributed by atoms with Gasteiger partial charge in [0, 0.05) is 0 Å². The van der Waals surface area contributed by atoms with Gasteiger partial charge in [-0.2, -0.15) is 0 Å². The van der Waals surface area contributed by atoms with Crippen LogP contribution < -0.4 is 0 Å². The van der Waals surface area contributed by atoms with Crippen LogP contribution in [-0.4, -0.2) is 0 Å². The van der Waals surface area contributed by atoms with Gasteiger partial charge in [-0.25, -0.2) is 0 Å². The van der Waals surface area contributed by atoms with Crippen molar-refractivity contribution in [1.82, 2.24) is 0 Å². The highest BCUT2D eigenvalue weighted by molar-refractivity contribution is 5.80. The maximum Gasteiger partial charge on any atom is -0.00879 e. The Morgan fingerprint density at radius 1 is 0.889 bits per heavy atom. The minimum Gasteiger partial charge on any atom is -0.0956 e. The summed E-state index contributed by atoms with van der Waals surface area (Å²) in [7, 11) is 0. The third-order valence-electron chi connectivity index (χ3n) is 9.40. The first kappa shape index (κ1) is 25.3. The lowest BCUT2D eigenvalue weighted by atomic mass is 9.75. The summed E-state index contributed by atoms with van der Waals surface area (Å²) in [5, 5.41) is 0. The summed E-state index contributed by atoms with van der Waals surface area (Å²) < 4.78 is 0. The highest BCUT2D eigenvalue weighted by atomic mass is 14.3. The summed E-state index contributed by atoms with van der Waals surface area (Å²) in [6, 6.07) is 14.6. The van der Waals surface area contributed by atoms with Crippen molar-refractivity contribution in [3.63, 3.8) is 0 Å². The molecule has 2 aromatic carbocycles. The summed E-state index contributed by atoms with van der Waals surface area (Å²) in [4.78, 5) is 0. The molecule has 0 bridgehead atoms. The zero-order chi connectivity index (χ0) is 25.1. The van der Waals surface area contributed by atoms with Crippen molar-refractivity contribution >= 4 is 6.08 Å². The number of hydrogen-bond donors (Lipinski definition) is 0. The maximum atomic E-state index is 4.37. The average molecular weight is 479 g/mol. The van der Waals surface area contributed by atoms with E-state index in [1.54, 1.807) is 11.1 Å². The Balaban J connectivity index is 1.32. The summed E-state index contributed by atoms with van der Waals surface area (Å²) in [6.07, 6.45) is 20.5. The van der Waals surface area contributed by atoms with Crippen molar-refractivity contribution < 1.29 is 0 Å². The molecule has 5 rings (SSSR count). The van der Waals surface area contributed by atoms with Crippen LogP contribution in [0.5, 0.6) is 0 Å². The van der Waals surface area contributed by atoms with E-state index in [2.05, 4.69) is 75.6 Å². The van der Waals surface area contributed by atoms with Crippen molar-refractivity contribution in [3.05, 3.63) is 89.0 Å². The molecule has 3 aliphatic carbocycles. The third kappa shape index (κ3) is 5.80. The van der Waals surface area contributed by atoms with Gasteiger partial charge in [0.05, 0.1) is 0 Å². The molecule has 0 N–H and O–H groups in total. The van der Waals surface area contributed by atoms with Gasteiger partial charge in [0.2, 0.25) is 0 Å². The molecule has 2 fully saturated rings. The van der Waals surface area contributed by atoms with Crippen LogP contribution >= 0.6 is 0 Å². The van der Waals surface area contributed by atoms with Crippen molar-refractivity contribution in [2.45, 2.75) is 96.8 Å². The van der Waals surface area contributed by atoms with Gasteiger partial charge in [-0.15, -0.1) is 0 Å². The highest BCUT2D eigenvalue weighted by Gasteiger charge is 2.24. The second-order valence-corrected chi connectivity index (χ2v) is 12.4. The van der Waals surface area contributed by atoms with E-state index >= 15 is 0 Å². The summed E-state index contributed by atoms with van der Waals surface area (Å²) in [5.41, 5.74) is 11.6. The molecule has 0 spiro atoms. The zero-order valence-corrected chi connectivity index (χ0v) is 22.8. The second-order valence-electron chi connectivity index (χ2n) is 12.4. The minimum absolute atomic E-state index is 0.515. The van der Waals surface area contributed by atoms with Crippen molar-refractivity contribution in [2.24, 2.45) is 17.8 Å². The Bertz CT molecular complexity index is 1110. The maximum absolute atomic E-state index is 4.37. The van der Waals surface area contributed by atoms with Crippen molar-refractivity contribution in [3.8, 4) is 11.1 Å². The van der Waals surface area contributed by atoms with E-state index < -0.39 is 0 Å². The first-order valence-electron chi connectivity index (χ1n) is 14.8. The fraction of sp³-hybridized carbons (Fsp3) is 0.500. The van der Waals surface area contributed by atoms with E-state index in [9.17, 15) is 0 Å². The van der Waals surface area contributed by atoms with Crippen LogP contribution in [0.1, 0.15) is 106 Å². The molecule has 2 saturated carbocycles. The van der Waals surface area contributed by atoms with E-state index in [0.717, 1.165) is 30.6 Å². The quantitative estimate of drug-likeness (QED) is 0.331. The predicted octanol–water partition coefficient (Wildman–Crippen LogP) is 10.5. The van der Waals surface area contributed by atoms with Crippen LogP contribution in [0.15, 0.2) is 66.8 Å². The molecule has 36 heavy (non-hydrogen) atoms. The lowest BCUT2D eigenvalue weighted by Crippen LogP contribution is -2.17. The fourth-order valence-corrected chi connectivity index (χ4v) is 7.07. The molecule has 0 aromatic heterocycles. The molecule has 0 unspecified atom stereocenters. The summed E-state index contributed by atoms with van der Waals surface area (Å²) >= 11 is 0. The molecule has 190 valence electrons. The summed E-state index contributed by atoms with van der Waals surface area (Å²) in [5.74, 6) is 2.88. The molecular formula is C36H46. The van der Waals surface area contributed by atoms with Gasteiger partial charge in [-0.05, 0) is 115 Å². The molecule has 0 aliphatic heterocycles. The van der Waals surface area contributed by atoms with Crippen LogP contribution in [0.4, 0.5) is 0 Å². The monoisotopic (exact) mass is 478 g/mol. The van der Waals surface area contributed by atoms with Gasteiger partial charge in [0.1, 0.15) is 0 Å². The zero-order valence-electron chi connectivity index (χ0n) is 22.8. The summed E-state index contributed by atoms with van der Waals surface area (Å²) in [6.45, 7) is 13.1. The number of rotatable bonds is 8. The molecular weight excluding hydrogens is 432 g/mol. The molecule has 0 heteroatoms. The number of hydrogen-bond acceptors (Lipinski definition) is 0. The first-order chi connectivity index (χ1) is 17.5. The normalized spacial score (nSPS) is 22.1. The molecule has 0 atom stereocenters. The van der Waals surface area contributed by atoms with Gasteiger partial charge in [0.25, 0.3) is 0 Å². The van der Waals surface area contributed by atoms with Crippen LogP contribution in [0, 0.1) is 17.8 Å². The molecule has 2 aromatic rings. The van der Waals surface area contributed by atoms with Gasteiger partial charge >= 0.3 is 0 Å². The van der Waals surface area contributed by atoms with Crippen LogP contribution in [0.3, 0.4) is 0 Å². The number of allylic oxidation sites excluding steroid dienone is 3. The minimum atomic E-state index is 0.515. The Hall–Kier alpha value is -2.34. The van der Waals surface area contributed by atoms with Crippen molar-refractivity contribution in [2.75, 3.05) is 0 Å². The van der Waals surface area contributed by atoms with Crippen molar-refractivity contribution in [1.29, 1.82) is 0 Å². The molecule has 0 amide bonds. The molecule has 0 heterocycles. The van der Waals surface area contributed by atoms with E-state index in [-0.39, 0.29) is 0 Å². The van der Waals surface area contributed by atoms with E-state index in [1.807, 2.05) is 0 Å². The standard InChI is InChI=1S/C36H46/c1-25(2)27(4)26(3)20-28-16-18-29(19-17-28)21-30-22-33(31-10-6-5-7-11-31)24-34(23-30)36-15-9-13-32-12-8-14-35(32)36/h8-9,13-15,22-25,28-29,31H,3-7,10-12,16-21H2,1-2H3.